The fourth-order valence-corrected chi connectivity index (χ4v) is 3.63. The molecule has 0 bridgehead atoms. The normalized spacial score (nSPS) is 16.5. The molecular weight excluding hydrogens is 411 g/mol. The lowest BCUT2D eigenvalue weighted by Gasteiger charge is -2.26. The minimum Gasteiger partial charge on any atom is -0.357 e. The van der Waals surface area contributed by atoms with Gasteiger partial charge < -0.3 is 16.0 Å². The SMILES string of the molecule is CCNC(=NCc1cc(F)cc(Br)c1)NCC1CC(=O)Nc2ccccc21. The van der Waals surface area contributed by atoms with Crippen LogP contribution in [0.2, 0.25) is 0 Å². The maximum absolute atomic E-state index is 13.5. The zero-order valence-corrected chi connectivity index (χ0v) is 16.6. The maximum Gasteiger partial charge on any atom is 0.225 e. The summed E-state index contributed by atoms with van der Waals surface area (Å²) in [4.78, 5) is 16.5. The number of carbonyl (C=O) groups excluding carboxylic acids is 1. The first-order valence-corrected chi connectivity index (χ1v) is 9.70. The average molecular weight is 433 g/mol. The van der Waals surface area contributed by atoms with E-state index in [1.165, 1.54) is 12.1 Å². The second-order valence-electron chi connectivity index (χ2n) is 6.39. The predicted molar refractivity (Wildman–Crippen MR) is 109 cm³/mol. The minimum absolute atomic E-state index is 0.0204. The molecule has 1 aliphatic heterocycles. The van der Waals surface area contributed by atoms with Crippen LogP contribution >= 0.6 is 15.9 Å². The van der Waals surface area contributed by atoms with Crippen molar-refractivity contribution >= 4 is 33.5 Å². The van der Waals surface area contributed by atoms with Gasteiger partial charge in [-0.2, -0.15) is 0 Å². The molecule has 1 aliphatic rings. The molecule has 2 aromatic carbocycles. The van der Waals surface area contributed by atoms with E-state index in [0.717, 1.165) is 16.8 Å². The van der Waals surface area contributed by atoms with Gasteiger partial charge in [0.1, 0.15) is 5.82 Å². The van der Waals surface area contributed by atoms with Crippen LogP contribution in [0, 0.1) is 5.82 Å². The van der Waals surface area contributed by atoms with E-state index in [0.29, 0.717) is 36.5 Å². The molecule has 5 nitrogen and oxygen atoms in total. The van der Waals surface area contributed by atoms with Gasteiger partial charge in [-0.15, -0.1) is 0 Å². The van der Waals surface area contributed by atoms with Gasteiger partial charge in [-0.25, -0.2) is 9.38 Å². The highest BCUT2D eigenvalue weighted by atomic mass is 79.9. The maximum atomic E-state index is 13.5. The van der Waals surface area contributed by atoms with Crippen LogP contribution in [0.5, 0.6) is 0 Å². The van der Waals surface area contributed by atoms with Crippen LogP contribution in [0.15, 0.2) is 51.9 Å². The van der Waals surface area contributed by atoms with Crippen LogP contribution < -0.4 is 16.0 Å². The van der Waals surface area contributed by atoms with Gasteiger partial charge in [0, 0.05) is 35.6 Å². The monoisotopic (exact) mass is 432 g/mol. The van der Waals surface area contributed by atoms with Crippen molar-refractivity contribution in [2.45, 2.75) is 25.8 Å². The summed E-state index contributed by atoms with van der Waals surface area (Å²) in [5.74, 6) is 0.438. The minimum atomic E-state index is -0.294. The highest BCUT2D eigenvalue weighted by molar-refractivity contribution is 9.10. The Morgan fingerprint density at radius 1 is 1.30 bits per heavy atom. The number of nitrogens with zero attached hydrogens (tertiary/aromatic N) is 1. The van der Waals surface area contributed by atoms with Crippen molar-refractivity contribution in [3.63, 3.8) is 0 Å². The highest BCUT2D eigenvalue weighted by Gasteiger charge is 2.24. The first-order chi connectivity index (χ1) is 13.0. The number of carbonyl (C=O) groups is 1. The van der Waals surface area contributed by atoms with Crippen molar-refractivity contribution in [2.75, 3.05) is 18.4 Å². The van der Waals surface area contributed by atoms with E-state index in [2.05, 4.69) is 36.9 Å². The molecule has 1 atom stereocenters. The molecule has 3 rings (SSSR count). The Balaban J connectivity index is 1.69. The number of halogens is 2. The third kappa shape index (κ3) is 5.29. The van der Waals surface area contributed by atoms with Crippen molar-refractivity contribution in [1.82, 2.24) is 10.6 Å². The number of nitrogens with one attached hydrogen (secondary N) is 3. The van der Waals surface area contributed by atoms with Gasteiger partial charge in [-0.3, -0.25) is 4.79 Å². The number of fused-ring (bicyclic) bond motifs is 1. The van der Waals surface area contributed by atoms with Gasteiger partial charge in [-0.1, -0.05) is 34.1 Å². The van der Waals surface area contributed by atoms with E-state index in [1.54, 1.807) is 0 Å². The third-order valence-electron chi connectivity index (χ3n) is 4.31. The Bertz CT molecular complexity index is 835. The molecule has 0 aromatic heterocycles. The number of aliphatic imine (C=N–C) groups is 1. The molecule has 7 heteroatoms. The van der Waals surface area contributed by atoms with Gasteiger partial charge in [0.15, 0.2) is 5.96 Å². The number of hydrogen-bond donors (Lipinski definition) is 3. The van der Waals surface area contributed by atoms with Crippen molar-refractivity contribution < 1.29 is 9.18 Å². The van der Waals surface area contributed by atoms with Gasteiger partial charge in [0.2, 0.25) is 5.91 Å². The Hall–Kier alpha value is -2.41. The number of guanidine groups is 1. The van der Waals surface area contributed by atoms with Crippen LogP contribution in [0.1, 0.15) is 30.4 Å². The molecule has 0 fully saturated rings. The van der Waals surface area contributed by atoms with Crippen LogP contribution in [-0.2, 0) is 11.3 Å². The molecule has 0 saturated heterocycles. The highest BCUT2D eigenvalue weighted by Crippen LogP contribution is 2.31. The lowest BCUT2D eigenvalue weighted by Crippen LogP contribution is -2.40. The van der Waals surface area contributed by atoms with Gasteiger partial charge in [-0.05, 0) is 42.3 Å². The first-order valence-electron chi connectivity index (χ1n) is 8.91. The van der Waals surface area contributed by atoms with E-state index in [-0.39, 0.29) is 17.6 Å². The zero-order valence-electron chi connectivity index (χ0n) is 15.1. The summed E-state index contributed by atoms with van der Waals surface area (Å²) < 4.78 is 14.2. The second kappa shape index (κ2) is 8.99. The van der Waals surface area contributed by atoms with E-state index >= 15 is 0 Å². The number of amides is 1. The van der Waals surface area contributed by atoms with E-state index in [1.807, 2.05) is 37.3 Å². The molecule has 1 unspecified atom stereocenters. The molecule has 3 N–H and O–H groups in total. The summed E-state index contributed by atoms with van der Waals surface area (Å²) in [7, 11) is 0. The van der Waals surface area contributed by atoms with E-state index in [9.17, 15) is 9.18 Å². The Labute approximate surface area is 166 Å². The number of rotatable bonds is 5. The Kier molecular flexibility index (Phi) is 6.45. The lowest BCUT2D eigenvalue weighted by atomic mass is 9.90. The van der Waals surface area contributed by atoms with Crippen molar-refractivity contribution in [2.24, 2.45) is 4.99 Å². The molecule has 142 valence electrons. The lowest BCUT2D eigenvalue weighted by molar-refractivity contribution is -0.116. The third-order valence-corrected chi connectivity index (χ3v) is 4.77. The summed E-state index contributed by atoms with van der Waals surface area (Å²) in [6.45, 7) is 3.64. The molecule has 0 radical (unpaired) electrons. The van der Waals surface area contributed by atoms with Crippen molar-refractivity contribution in [1.29, 1.82) is 0 Å². The average Bonchev–Trinajstić information content (AvgIpc) is 2.63. The van der Waals surface area contributed by atoms with E-state index in [4.69, 9.17) is 0 Å². The van der Waals surface area contributed by atoms with Crippen LogP contribution in [-0.4, -0.2) is 25.0 Å². The molecule has 2 aromatic rings. The van der Waals surface area contributed by atoms with Crippen molar-refractivity contribution in [3.05, 3.63) is 63.9 Å². The molecule has 0 saturated carbocycles. The Morgan fingerprint density at radius 2 is 2.11 bits per heavy atom. The quantitative estimate of drug-likeness (QED) is 0.497. The molecule has 1 amide bonds. The predicted octanol–water partition coefficient (Wildman–Crippen LogP) is 3.77. The number of para-hydroxylation sites is 1. The standard InChI is InChI=1S/C20H22BrFN4O/c1-2-23-20(24-11-13-7-15(21)10-16(22)8-13)25-12-14-9-19(27)26-18-6-4-3-5-17(14)18/h3-8,10,14H,2,9,11-12H2,1H3,(H,26,27)(H2,23,24,25). The fourth-order valence-electron chi connectivity index (χ4n) is 3.12. The number of anilines is 1. The van der Waals surface area contributed by atoms with Gasteiger partial charge >= 0.3 is 0 Å². The van der Waals surface area contributed by atoms with Gasteiger partial charge in [0.05, 0.1) is 6.54 Å². The first kappa shape index (κ1) is 19.4. The molecule has 1 heterocycles. The summed E-state index contributed by atoms with van der Waals surface area (Å²) >= 11 is 3.30. The molecule has 27 heavy (non-hydrogen) atoms. The fraction of sp³-hybridized carbons (Fsp3) is 0.300. The Morgan fingerprint density at radius 3 is 2.89 bits per heavy atom. The molecule has 0 spiro atoms. The van der Waals surface area contributed by atoms with Crippen LogP contribution in [0.4, 0.5) is 10.1 Å². The summed E-state index contributed by atoms with van der Waals surface area (Å²) in [6.07, 6.45) is 0.431. The van der Waals surface area contributed by atoms with Crippen molar-refractivity contribution in [3.8, 4) is 0 Å². The molecular formula is C20H22BrFN4O. The second-order valence-corrected chi connectivity index (χ2v) is 7.31. The number of hydrogen-bond acceptors (Lipinski definition) is 2. The molecule has 0 aliphatic carbocycles. The smallest absolute Gasteiger partial charge is 0.225 e. The summed E-state index contributed by atoms with van der Waals surface area (Å²) in [6, 6.07) is 12.6. The zero-order chi connectivity index (χ0) is 19.2. The largest absolute Gasteiger partial charge is 0.357 e. The summed E-state index contributed by atoms with van der Waals surface area (Å²) in [5, 5.41) is 9.40. The topological polar surface area (TPSA) is 65.5 Å². The van der Waals surface area contributed by atoms with E-state index < -0.39 is 0 Å². The number of benzene rings is 2. The van der Waals surface area contributed by atoms with Crippen LogP contribution in [0.3, 0.4) is 0 Å². The van der Waals surface area contributed by atoms with Crippen LogP contribution in [0.25, 0.3) is 0 Å². The van der Waals surface area contributed by atoms with Gasteiger partial charge in [0.25, 0.3) is 0 Å². The summed E-state index contributed by atoms with van der Waals surface area (Å²) in [5.41, 5.74) is 2.77.